The fraction of sp³-hybridized carbons (Fsp3) is 0.500. The highest BCUT2D eigenvalue weighted by Gasteiger charge is 2.10. The minimum Gasteiger partial charge on any atom is -0.450 e. The molecule has 0 unspecified atom stereocenters. The number of carboxylic acid groups (broad SMARTS) is 2. The van der Waals surface area contributed by atoms with E-state index in [9.17, 15) is 0 Å². The lowest BCUT2D eigenvalue weighted by Gasteiger charge is -1.93. The van der Waals surface area contributed by atoms with Crippen LogP contribution in [0.3, 0.4) is 0 Å². The van der Waals surface area contributed by atoms with E-state index in [1.54, 1.807) is 0 Å². The normalized spacial score (nSPS) is 9.33. The molecule has 0 atom stereocenters. The second-order valence-electron chi connectivity index (χ2n) is 0.750. The highest BCUT2D eigenvalue weighted by Crippen LogP contribution is 2.19. The summed E-state index contributed by atoms with van der Waals surface area (Å²) in [5.74, 6) is 0. The Kier molecular flexibility index (Phi) is 6.49. The summed E-state index contributed by atoms with van der Waals surface area (Å²) in [6, 6.07) is 0. The third-order valence-corrected chi connectivity index (χ3v) is 0. The summed E-state index contributed by atoms with van der Waals surface area (Å²) >= 11 is 13.8. The van der Waals surface area contributed by atoms with Crippen LogP contribution in [0.15, 0.2) is 0 Å². The van der Waals surface area contributed by atoms with Crippen LogP contribution in [-0.2, 0) is 0 Å². The molecule has 0 aliphatic carbocycles. The second-order valence-corrected chi connectivity index (χ2v) is 2.97. The summed E-state index contributed by atoms with van der Waals surface area (Å²) in [6.07, 6.45) is -1.83. The van der Waals surface area contributed by atoms with Crippen LogP contribution in [-0.4, -0.2) is 25.5 Å². The van der Waals surface area contributed by atoms with Crippen LogP contribution < -0.4 is 0 Å². The molecule has 0 fully saturated rings. The first kappa shape index (κ1) is 11.8. The summed E-state index contributed by atoms with van der Waals surface area (Å²) < 4.78 is -2.08. The predicted octanol–water partition coefficient (Wildman–Crippen LogP) is 1.53. The monoisotopic (exact) mass is 196 g/mol. The molecule has 0 aromatic rings. The van der Waals surface area contributed by atoms with Crippen molar-refractivity contribution < 1.29 is 20.1 Å². The summed E-state index contributed by atoms with van der Waals surface area (Å²) in [5, 5.41) is 21.8. The molecule has 0 aromatic carbocycles. The van der Waals surface area contributed by atoms with E-state index in [0.29, 0.717) is 0 Å². The molecule has 4 nitrogen and oxygen atoms in total. The van der Waals surface area contributed by atoms with Gasteiger partial charge in [0.2, 0.25) is 0 Å². The van der Waals surface area contributed by atoms with Crippen molar-refractivity contribution in [3.05, 3.63) is 0 Å². The molecular formula is C2H3Cl3O4. The predicted molar refractivity (Wildman–Crippen MR) is 33.2 cm³/mol. The van der Waals surface area contributed by atoms with Crippen LogP contribution in [0, 0.1) is 0 Å². The Hall–Kier alpha value is 0.1000. The first-order valence-electron chi connectivity index (χ1n) is 1.44. The standard InChI is InChI=1S/CHCl3O.CH2O3/c2-1(3,4)5;2-1(3)4/h5H;(H2,2,3,4). The van der Waals surface area contributed by atoms with Gasteiger partial charge in [-0.1, -0.05) is 34.8 Å². The minimum absolute atomic E-state index is 1.83. The Morgan fingerprint density at radius 3 is 1.22 bits per heavy atom. The summed E-state index contributed by atoms with van der Waals surface area (Å²) in [7, 11) is 0. The number of aliphatic hydroxyl groups is 1. The van der Waals surface area contributed by atoms with E-state index in [1.165, 1.54) is 0 Å². The number of hydrogen-bond acceptors (Lipinski definition) is 2. The average Bonchev–Trinajstić information content (AvgIpc) is 1.19. The third-order valence-electron chi connectivity index (χ3n) is 0. The molecule has 7 heteroatoms. The number of carbonyl (C=O) groups is 1. The number of hydrogen-bond donors (Lipinski definition) is 3. The molecule has 0 aliphatic heterocycles. The Bertz CT molecular complexity index is 76.3. The summed E-state index contributed by atoms with van der Waals surface area (Å²) in [4.78, 5) is 8.56. The lowest BCUT2D eigenvalue weighted by molar-refractivity contribution is 0.137. The van der Waals surface area contributed by atoms with Gasteiger partial charge >= 0.3 is 6.16 Å². The SMILES string of the molecule is O=C(O)O.OC(Cl)(Cl)Cl. The van der Waals surface area contributed by atoms with Crippen LogP contribution in [0.4, 0.5) is 4.79 Å². The Balaban J connectivity index is 0. The van der Waals surface area contributed by atoms with Gasteiger partial charge in [-0.2, -0.15) is 0 Å². The molecule has 0 aliphatic rings. The quantitative estimate of drug-likeness (QED) is 0.515. The van der Waals surface area contributed by atoms with Crippen LogP contribution in [0.25, 0.3) is 0 Å². The molecule has 0 bridgehead atoms. The fourth-order valence-corrected chi connectivity index (χ4v) is 0. The number of alkyl halides is 3. The van der Waals surface area contributed by atoms with Gasteiger partial charge in [-0.3, -0.25) is 0 Å². The first-order valence-corrected chi connectivity index (χ1v) is 2.58. The fourth-order valence-electron chi connectivity index (χ4n) is 0. The molecule has 0 rings (SSSR count). The first-order chi connectivity index (χ1) is 3.73. The van der Waals surface area contributed by atoms with E-state index in [4.69, 9.17) is 20.1 Å². The van der Waals surface area contributed by atoms with Crippen molar-refractivity contribution in [1.82, 2.24) is 0 Å². The molecule has 0 aromatic heterocycles. The topological polar surface area (TPSA) is 77.8 Å². The highest BCUT2D eigenvalue weighted by atomic mass is 35.6. The largest absolute Gasteiger partial charge is 0.503 e. The maximum Gasteiger partial charge on any atom is 0.503 e. The lowest BCUT2D eigenvalue weighted by Crippen LogP contribution is -1.95. The zero-order valence-electron chi connectivity index (χ0n) is 3.88. The smallest absolute Gasteiger partial charge is 0.450 e. The van der Waals surface area contributed by atoms with Crippen LogP contribution in [0.1, 0.15) is 0 Å². The van der Waals surface area contributed by atoms with Crippen molar-refractivity contribution in [2.45, 2.75) is 3.98 Å². The van der Waals surface area contributed by atoms with Gasteiger partial charge in [0.05, 0.1) is 0 Å². The molecule has 3 N–H and O–H groups in total. The van der Waals surface area contributed by atoms with Crippen molar-refractivity contribution >= 4 is 41.0 Å². The molecule has 0 amide bonds. The van der Waals surface area contributed by atoms with Crippen molar-refractivity contribution in [2.24, 2.45) is 0 Å². The Labute approximate surface area is 65.6 Å². The summed E-state index contributed by atoms with van der Waals surface area (Å²) in [5.41, 5.74) is 0. The summed E-state index contributed by atoms with van der Waals surface area (Å²) in [6.45, 7) is 0. The van der Waals surface area contributed by atoms with Gasteiger partial charge in [0.25, 0.3) is 3.98 Å². The highest BCUT2D eigenvalue weighted by molar-refractivity contribution is 6.65. The van der Waals surface area contributed by atoms with E-state index in [0.717, 1.165) is 0 Å². The van der Waals surface area contributed by atoms with E-state index in [-0.39, 0.29) is 0 Å². The zero-order valence-corrected chi connectivity index (χ0v) is 6.15. The van der Waals surface area contributed by atoms with E-state index in [1.807, 2.05) is 0 Å². The average molecular weight is 197 g/mol. The lowest BCUT2D eigenvalue weighted by atomic mass is 11.5. The second kappa shape index (κ2) is 4.93. The van der Waals surface area contributed by atoms with Crippen molar-refractivity contribution in [3.63, 3.8) is 0 Å². The minimum atomic E-state index is -2.08. The number of rotatable bonds is 0. The van der Waals surface area contributed by atoms with Crippen LogP contribution in [0.5, 0.6) is 0 Å². The van der Waals surface area contributed by atoms with E-state index in [2.05, 4.69) is 34.8 Å². The molecule has 56 valence electrons. The maximum absolute atomic E-state index is 8.56. The molecule has 9 heavy (non-hydrogen) atoms. The van der Waals surface area contributed by atoms with Gasteiger partial charge in [0, 0.05) is 0 Å². The maximum atomic E-state index is 8.56. The molecule has 0 saturated carbocycles. The van der Waals surface area contributed by atoms with Gasteiger partial charge in [-0.15, -0.1) is 0 Å². The molecule has 0 heterocycles. The zero-order chi connectivity index (χ0) is 8.08. The van der Waals surface area contributed by atoms with Crippen molar-refractivity contribution in [3.8, 4) is 0 Å². The Morgan fingerprint density at radius 1 is 1.22 bits per heavy atom. The van der Waals surface area contributed by atoms with Crippen molar-refractivity contribution in [1.29, 1.82) is 0 Å². The van der Waals surface area contributed by atoms with Gasteiger partial charge in [-0.05, 0) is 0 Å². The molecule has 0 spiro atoms. The Morgan fingerprint density at radius 2 is 1.22 bits per heavy atom. The van der Waals surface area contributed by atoms with E-state index >= 15 is 0 Å². The van der Waals surface area contributed by atoms with Gasteiger partial charge < -0.3 is 15.3 Å². The van der Waals surface area contributed by atoms with Crippen LogP contribution in [0.2, 0.25) is 0 Å². The van der Waals surface area contributed by atoms with Gasteiger partial charge in [0.15, 0.2) is 0 Å². The molecule has 0 radical (unpaired) electrons. The third kappa shape index (κ3) is 30100. The number of halogens is 3. The van der Waals surface area contributed by atoms with Crippen molar-refractivity contribution in [2.75, 3.05) is 0 Å². The van der Waals surface area contributed by atoms with Crippen LogP contribution >= 0.6 is 34.8 Å². The van der Waals surface area contributed by atoms with Gasteiger partial charge in [0.1, 0.15) is 0 Å². The molecule has 0 saturated heterocycles. The van der Waals surface area contributed by atoms with E-state index < -0.39 is 10.1 Å². The molecular weight excluding hydrogens is 194 g/mol. The van der Waals surface area contributed by atoms with Gasteiger partial charge in [-0.25, -0.2) is 4.79 Å².